The Labute approximate surface area is 162 Å². The summed E-state index contributed by atoms with van der Waals surface area (Å²) in [6, 6.07) is 8.72. The molecule has 3 aromatic rings. The third-order valence-electron chi connectivity index (χ3n) is 5.87. The lowest BCUT2D eigenvalue weighted by atomic mass is 9.95. The van der Waals surface area contributed by atoms with Crippen LogP contribution >= 0.6 is 0 Å². The number of benzene rings is 1. The van der Waals surface area contributed by atoms with E-state index in [9.17, 15) is 9.18 Å². The van der Waals surface area contributed by atoms with Crippen molar-refractivity contribution in [3.05, 3.63) is 58.8 Å². The highest BCUT2D eigenvalue weighted by Crippen LogP contribution is 2.39. The largest absolute Gasteiger partial charge is 0.339 e. The van der Waals surface area contributed by atoms with E-state index >= 15 is 0 Å². The van der Waals surface area contributed by atoms with Gasteiger partial charge in [0, 0.05) is 30.5 Å². The number of fused-ring (bicyclic) bond motifs is 1. The molecule has 0 bridgehead atoms. The molecule has 2 aromatic heterocycles. The van der Waals surface area contributed by atoms with Gasteiger partial charge in [-0.1, -0.05) is 6.07 Å². The molecule has 0 atom stereocenters. The molecule has 2 aliphatic rings. The quantitative estimate of drug-likeness (QED) is 0.699. The van der Waals surface area contributed by atoms with Crippen LogP contribution < -0.4 is 0 Å². The number of nitrogens with zero attached hydrogens (tertiary/aromatic N) is 5. The van der Waals surface area contributed by atoms with E-state index in [-0.39, 0.29) is 17.6 Å². The minimum atomic E-state index is -0.340. The van der Waals surface area contributed by atoms with E-state index < -0.39 is 0 Å². The monoisotopic (exact) mass is 379 g/mol. The van der Waals surface area contributed by atoms with Crippen molar-refractivity contribution in [3.8, 4) is 0 Å². The topological polar surface area (TPSA) is 63.4 Å². The predicted octanol–water partition coefficient (Wildman–Crippen LogP) is 3.47. The number of hydrogen-bond acceptors (Lipinski definition) is 4. The third kappa shape index (κ3) is 3.04. The first kappa shape index (κ1) is 17.3. The van der Waals surface area contributed by atoms with Gasteiger partial charge in [-0.25, -0.2) is 4.39 Å². The lowest BCUT2D eigenvalue weighted by Crippen LogP contribution is -2.38. The predicted molar refractivity (Wildman–Crippen MR) is 102 cm³/mol. The second-order valence-electron chi connectivity index (χ2n) is 7.89. The number of hydrogen-bond donors (Lipinski definition) is 0. The molecular weight excluding hydrogens is 357 g/mol. The first-order valence-corrected chi connectivity index (χ1v) is 9.88. The maximum atomic E-state index is 13.8. The molecule has 1 saturated carbocycles. The van der Waals surface area contributed by atoms with Crippen LogP contribution in [0.1, 0.15) is 65.0 Å². The minimum absolute atomic E-state index is 0.113. The fraction of sp³-hybridized carbons (Fsp3) is 0.429. The van der Waals surface area contributed by atoms with Crippen LogP contribution in [0.3, 0.4) is 0 Å². The Balaban J connectivity index is 1.31. The molecule has 6 nitrogen and oxygen atoms in total. The summed E-state index contributed by atoms with van der Waals surface area (Å²) in [5.41, 5.74) is 2.84. The highest BCUT2D eigenvalue weighted by Gasteiger charge is 2.29. The number of amides is 1. The molecule has 0 radical (unpaired) electrons. The highest BCUT2D eigenvalue weighted by molar-refractivity contribution is 5.94. The van der Waals surface area contributed by atoms with Gasteiger partial charge in [0.1, 0.15) is 5.82 Å². The smallest absolute Gasteiger partial charge is 0.253 e. The van der Waals surface area contributed by atoms with Crippen molar-refractivity contribution in [1.29, 1.82) is 0 Å². The van der Waals surface area contributed by atoms with Crippen molar-refractivity contribution in [2.24, 2.45) is 0 Å². The molecule has 3 heterocycles. The second-order valence-corrected chi connectivity index (χ2v) is 7.89. The maximum absolute atomic E-state index is 13.8. The van der Waals surface area contributed by atoms with E-state index in [4.69, 9.17) is 5.10 Å². The second kappa shape index (κ2) is 6.65. The van der Waals surface area contributed by atoms with Gasteiger partial charge in [-0.3, -0.25) is 4.79 Å². The number of carbonyl (C=O) groups is 1. The van der Waals surface area contributed by atoms with Gasteiger partial charge in [0.25, 0.3) is 5.91 Å². The van der Waals surface area contributed by atoms with E-state index in [1.165, 1.54) is 18.9 Å². The molecule has 0 spiro atoms. The summed E-state index contributed by atoms with van der Waals surface area (Å²) in [6.45, 7) is 2.94. The van der Waals surface area contributed by atoms with E-state index in [0.29, 0.717) is 30.1 Å². The lowest BCUT2D eigenvalue weighted by Gasteiger charge is -2.31. The SMILES string of the molecule is Cc1ccc(C(=O)N2CCC(c3nnc4ccc(C5CC5)nn34)CC2)cc1F. The van der Waals surface area contributed by atoms with Crippen molar-refractivity contribution in [1.82, 2.24) is 24.7 Å². The summed E-state index contributed by atoms with van der Waals surface area (Å²) in [5, 5.41) is 13.4. The van der Waals surface area contributed by atoms with Gasteiger partial charge >= 0.3 is 0 Å². The van der Waals surface area contributed by atoms with Crippen LogP contribution in [0.25, 0.3) is 5.65 Å². The van der Waals surface area contributed by atoms with Crippen LogP contribution in [-0.4, -0.2) is 43.7 Å². The zero-order valence-corrected chi connectivity index (χ0v) is 15.8. The standard InChI is InChI=1S/C21H22FN5O/c1-13-2-3-16(12-17(13)22)21(28)26-10-8-15(9-11-26)20-24-23-19-7-6-18(14-4-5-14)25-27(19)20/h2-3,6-7,12,14-15H,4-5,8-11H2,1H3. The Morgan fingerprint density at radius 1 is 1.04 bits per heavy atom. The van der Waals surface area contributed by atoms with Gasteiger partial charge in [0.05, 0.1) is 5.69 Å². The zero-order valence-electron chi connectivity index (χ0n) is 15.8. The van der Waals surface area contributed by atoms with Crippen LogP contribution in [0.15, 0.2) is 30.3 Å². The molecule has 5 rings (SSSR count). The normalized spacial score (nSPS) is 18.0. The van der Waals surface area contributed by atoms with Crippen LogP contribution in [0.5, 0.6) is 0 Å². The fourth-order valence-electron chi connectivity index (χ4n) is 3.92. The number of carbonyl (C=O) groups excluding carboxylic acids is 1. The van der Waals surface area contributed by atoms with Crippen LogP contribution in [0, 0.1) is 12.7 Å². The average molecular weight is 379 g/mol. The number of likely N-dealkylation sites (tertiary alicyclic amines) is 1. The number of aromatic nitrogens is 4. The number of piperidine rings is 1. The molecule has 7 heteroatoms. The fourth-order valence-corrected chi connectivity index (χ4v) is 3.92. The molecule has 1 saturated heterocycles. The van der Waals surface area contributed by atoms with Crippen molar-refractivity contribution in [2.45, 2.75) is 44.4 Å². The van der Waals surface area contributed by atoms with Gasteiger partial charge in [-0.15, -0.1) is 10.2 Å². The molecule has 2 fully saturated rings. The first-order valence-electron chi connectivity index (χ1n) is 9.88. The van der Waals surface area contributed by atoms with Crippen molar-refractivity contribution >= 4 is 11.6 Å². The molecule has 1 aliphatic heterocycles. The maximum Gasteiger partial charge on any atom is 0.253 e. The molecule has 28 heavy (non-hydrogen) atoms. The summed E-state index contributed by atoms with van der Waals surface area (Å²) in [5.74, 6) is 1.22. The minimum Gasteiger partial charge on any atom is -0.339 e. The van der Waals surface area contributed by atoms with Crippen molar-refractivity contribution in [2.75, 3.05) is 13.1 Å². The summed E-state index contributed by atoms with van der Waals surface area (Å²) < 4.78 is 15.7. The van der Waals surface area contributed by atoms with Crippen LogP contribution in [0.4, 0.5) is 4.39 Å². The van der Waals surface area contributed by atoms with Gasteiger partial charge < -0.3 is 4.90 Å². The van der Waals surface area contributed by atoms with E-state index in [2.05, 4.69) is 10.2 Å². The van der Waals surface area contributed by atoms with Crippen molar-refractivity contribution < 1.29 is 9.18 Å². The average Bonchev–Trinajstić information content (AvgIpc) is 3.49. The van der Waals surface area contributed by atoms with Gasteiger partial charge in [-0.2, -0.15) is 9.61 Å². The summed E-state index contributed by atoms with van der Waals surface area (Å²) in [4.78, 5) is 14.5. The Kier molecular flexibility index (Phi) is 4.10. The first-order chi connectivity index (χ1) is 13.6. The number of halogens is 1. The summed E-state index contributed by atoms with van der Waals surface area (Å²) in [7, 11) is 0. The molecule has 0 N–H and O–H groups in total. The Morgan fingerprint density at radius 3 is 2.54 bits per heavy atom. The molecular formula is C21H22FN5O. The summed E-state index contributed by atoms with van der Waals surface area (Å²) >= 11 is 0. The number of aryl methyl sites for hydroxylation is 1. The zero-order chi connectivity index (χ0) is 19.3. The van der Waals surface area contributed by atoms with E-state index in [1.54, 1.807) is 24.0 Å². The molecule has 1 aromatic carbocycles. The van der Waals surface area contributed by atoms with Crippen LogP contribution in [-0.2, 0) is 0 Å². The highest BCUT2D eigenvalue weighted by atomic mass is 19.1. The summed E-state index contributed by atoms with van der Waals surface area (Å²) in [6.07, 6.45) is 4.01. The molecule has 1 amide bonds. The number of rotatable bonds is 3. The third-order valence-corrected chi connectivity index (χ3v) is 5.87. The van der Waals surface area contributed by atoms with E-state index in [0.717, 1.165) is 30.0 Å². The van der Waals surface area contributed by atoms with E-state index in [1.807, 2.05) is 16.6 Å². The van der Waals surface area contributed by atoms with Gasteiger partial charge in [0.15, 0.2) is 11.5 Å². The Morgan fingerprint density at radius 2 is 1.82 bits per heavy atom. The molecule has 144 valence electrons. The Hall–Kier alpha value is -2.83. The van der Waals surface area contributed by atoms with Crippen LogP contribution in [0.2, 0.25) is 0 Å². The molecule has 1 aliphatic carbocycles. The lowest BCUT2D eigenvalue weighted by molar-refractivity contribution is 0.0710. The van der Waals surface area contributed by atoms with Crippen molar-refractivity contribution in [3.63, 3.8) is 0 Å². The molecule has 0 unspecified atom stereocenters. The Bertz CT molecular complexity index is 1050. The van der Waals surface area contributed by atoms with Gasteiger partial charge in [0.2, 0.25) is 0 Å². The van der Waals surface area contributed by atoms with Gasteiger partial charge in [-0.05, 0) is 62.4 Å².